The average molecular weight is 306 g/mol. The predicted molar refractivity (Wildman–Crippen MR) is 63.0 cm³/mol. The Bertz CT molecular complexity index is 648. The van der Waals surface area contributed by atoms with E-state index in [1.54, 1.807) is 0 Å². The molecule has 0 aliphatic rings. The molecule has 0 radical (unpaired) electrons. The molecule has 0 unspecified atom stereocenters. The first-order valence-corrected chi connectivity index (χ1v) is 5.90. The van der Waals surface area contributed by atoms with Crippen LogP contribution in [0.25, 0.3) is 0 Å². The van der Waals surface area contributed by atoms with E-state index < -0.39 is 34.9 Å². The van der Waals surface area contributed by atoms with Gasteiger partial charge in [-0.1, -0.05) is 11.3 Å². The molecule has 0 atom stereocenters. The molecule has 0 aliphatic carbocycles. The number of anilines is 2. The van der Waals surface area contributed by atoms with Gasteiger partial charge in [-0.3, -0.25) is 0 Å². The lowest BCUT2D eigenvalue weighted by Gasteiger charge is -2.07. The number of benzene rings is 1. The minimum absolute atomic E-state index is 0.0627. The van der Waals surface area contributed by atoms with Gasteiger partial charge in [0.15, 0.2) is 28.4 Å². The molecule has 106 valence electrons. The second-order valence-corrected chi connectivity index (χ2v) is 4.52. The number of nitrogens with zero attached hydrogens (tertiary/aromatic N) is 1. The van der Waals surface area contributed by atoms with E-state index in [-0.39, 0.29) is 16.1 Å². The van der Waals surface area contributed by atoms with Crippen LogP contribution in [0.5, 0.6) is 0 Å². The summed E-state index contributed by atoms with van der Waals surface area (Å²) in [4.78, 5) is 14.9. The molecule has 4 nitrogen and oxygen atoms in total. The molecule has 0 bridgehead atoms. The molecule has 0 saturated carbocycles. The van der Waals surface area contributed by atoms with Crippen LogP contribution in [-0.2, 0) is 4.74 Å². The van der Waals surface area contributed by atoms with E-state index in [4.69, 9.17) is 0 Å². The molecule has 2 rings (SSSR count). The number of thiazole rings is 1. The number of hydrogen-bond acceptors (Lipinski definition) is 5. The molecule has 2 aromatic rings. The third-order valence-corrected chi connectivity index (χ3v) is 3.13. The Morgan fingerprint density at radius 1 is 1.25 bits per heavy atom. The number of ether oxygens (including phenoxy) is 1. The van der Waals surface area contributed by atoms with Gasteiger partial charge in [-0.05, 0) is 0 Å². The van der Waals surface area contributed by atoms with Crippen molar-refractivity contribution in [1.29, 1.82) is 0 Å². The Morgan fingerprint density at radius 2 is 1.85 bits per heavy atom. The van der Waals surface area contributed by atoms with Crippen LogP contribution in [0.15, 0.2) is 12.3 Å². The standard InChI is InChI=1S/C11H6F4N2O2S/c1-19-10(18)6-3-16-11(20-6)17-9-7(14)4(12)2-5(13)8(9)15/h2-3H,1H3,(H,16,17). The molecule has 0 amide bonds. The van der Waals surface area contributed by atoms with Gasteiger partial charge in [0.05, 0.1) is 13.3 Å². The van der Waals surface area contributed by atoms with Crippen LogP contribution in [0, 0.1) is 23.3 Å². The zero-order chi connectivity index (χ0) is 14.9. The van der Waals surface area contributed by atoms with E-state index in [0.29, 0.717) is 11.3 Å². The summed E-state index contributed by atoms with van der Waals surface area (Å²) >= 11 is 0.715. The van der Waals surface area contributed by atoms with Gasteiger partial charge in [-0.15, -0.1) is 0 Å². The zero-order valence-corrected chi connectivity index (χ0v) is 10.7. The highest BCUT2D eigenvalue weighted by Crippen LogP contribution is 2.29. The topological polar surface area (TPSA) is 51.2 Å². The van der Waals surface area contributed by atoms with E-state index >= 15 is 0 Å². The maximum atomic E-state index is 13.4. The Morgan fingerprint density at radius 3 is 2.40 bits per heavy atom. The lowest BCUT2D eigenvalue weighted by Crippen LogP contribution is -2.02. The molecule has 1 heterocycles. The van der Waals surface area contributed by atoms with Gasteiger partial charge in [0.25, 0.3) is 0 Å². The van der Waals surface area contributed by atoms with Crippen molar-refractivity contribution in [1.82, 2.24) is 4.98 Å². The van der Waals surface area contributed by atoms with Crippen molar-refractivity contribution >= 4 is 28.1 Å². The third kappa shape index (κ3) is 2.57. The minimum atomic E-state index is -1.58. The summed E-state index contributed by atoms with van der Waals surface area (Å²) in [5, 5.41) is 1.97. The van der Waals surface area contributed by atoms with Crippen LogP contribution in [0.2, 0.25) is 0 Å². The Hall–Kier alpha value is -2.16. The van der Waals surface area contributed by atoms with Crippen LogP contribution < -0.4 is 5.32 Å². The van der Waals surface area contributed by atoms with Crippen LogP contribution >= 0.6 is 11.3 Å². The van der Waals surface area contributed by atoms with Crippen LogP contribution in [0.3, 0.4) is 0 Å². The number of rotatable bonds is 3. The van der Waals surface area contributed by atoms with Gasteiger partial charge < -0.3 is 10.1 Å². The van der Waals surface area contributed by atoms with E-state index in [1.807, 2.05) is 0 Å². The first-order chi connectivity index (χ1) is 9.43. The number of esters is 1. The second kappa shape index (κ2) is 5.45. The van der Waals surface area contributed by atoms with Crippen LogP contribution in [0.4, 0.5) is 28.4 Å². The highest BCUT2D eigenvalue weighted by molar-refractivity contribution is 7.17. The smallest absolute Gasteiger partial charge is 0.349 e. The molecule has 0 spiro atoms. The SMILES string of the molecule is COC(=O)c1cnc(Nc2c(F)c(F)cc(F)c2F)s1. The summed E-state index contributed by atoms with van der Waals surface area (Å²) in [6.07, 6.45) is 1.10. The van der Waals surface area contributed by atoms with Crippen molar-refractivity contribution in [3.05, 3.63) is 40.4 Å². The molecular formula is C11H6F4N2O2S. The van der Waals surface area contributed by atoms with E-state index in [1.165, 1.54) is 0 Å². The summed E-state index contributed by atoms with van der Waals surface area (Å²) in [5.41, 5.74) is -1.02. The monoisotopic (exact) mass is 306 g/mol. The lowest BCUT2D eigenvalue weighted by atomic mass is 10.2. The second-order valence-electron chi connectivity index (χ2n) is 3.49. The van der Waals surface area contributed by atoms with Crippen molar-refractivity contribution in [3.8, 4) is 0 Å². The van der Waals surface area contributed by atoms with E-state index in [0.717, 1.165) is 13.3 Å². The van der Waals surface area contributed by atoms with Gasteiger partial charge in [-0.25, -0.2) is 27.3 Å². The Labute approximate surface area is 114 Å². The predicted octanol–water partition coefficient (Wildman–Crippen LogP) is 3.23. The third-order valence-electron chi connectivity index (χ3n) is 2.24. The Kier molecular flexibility index (Phi) is 3.89. The summed E-state index contributed by atoms with van der Waals surface area (Å²) in [5.74, 6) is -6.95. The van der Waals surface area contributed by atoms with Crippen LogP contribution in [-0.4, -0.2) is 18.1 Å². The summed E-state index contributed by atoms with van der Waals surface area (Å²) in [6.45, 7) is 0. The molecule has 1 N–H and O–H groups in total. The molecule has 0 fully saturated rings. The van der Waals surface area contributed by atoms with Crippen LogP contribution in [0.1, 0.15) is 9.67 Å². The van der Waals surface area contributed by atoms with Crippen molar-refractivity contribution in [2.45, 2.75) is 0 Å². The summed E-state index contributed by atoms with van der Waals surface area (Å²) < 4.78 is 57.2. The number of carbonyl (C=O) groups is 1. The summed E-state index contributed by atoms with van der Waals surface area (Å²) in [7, 11) is 1.15. The quantitative estimate of drug-likeness (QED) is 0.537. The minimum Gasteiger partial charge on any atom is -0.465 e. The highest BCUT2D eigenvalue weighted by atomic mass is 32.1. The molecule has 9 heteroatoms. The molecule has 1 aromatic heterocycles. The molecular weight excluding hydrogens is 300 g/mol. The maximum absolute atomic E-state index is 13.4. The van der Waals surface area contributed by atoms with Crippen molar-refractivity contribution in [3.63, 3.8) is 0 Å². The number of nitrogens with one attached hydrogen (secondary N) is 1. The molecule has 1 aromatic carbocycles. The van der Waals surface area contributed by atoms with E-state index in [2.05, 4.69) is 15.0 Å². The number of halogens is 4. The fourth-order valence-electron chi connectivity index (χ4n) is 1.32. The normalized spacial score (nSPS) is 10.4. The van der Waals surface area contributed by atoms with Gasteiger partial charge in [0, 0.05) is 6.07 Å². The number of hydrogen-bond donors (Lipinski definition) is 1. The molecule has 0 aliphatic heterocycles. The fraction of sp³-hybridized carbons (Fsp3) is 0.0909. The van der Waals surface area contributed by atoms with Gasteiger partial charge >= 0.3 is 5.97 Å². The average Bonchev–Trinajstić information content (AvgIpc) is 2.89. The van der Waals surface area contributed by atoms with Gasteiger partial charge in [0.2, 0.25) is 0 Å². The largest absolute Gasteiger partial charge is 0.465 e. The number of carbonyl (C=O) groups excluding carboxylic acids is 1. The first kappa shape index (κ1) is 14.3. The zero-order valence-electron chi connectivity index (χ0n) is 9.84. The number of methoxy groups -OCH3 is 1. The number of aromatic nitrogens is 1. The fourth-order valence-corrected chi connectivity index (χ4v) is 2.06. The van der Waals surface area contributed by atoms with Gasteiger partial charge in [0.1, 0.15) is 10.6 Å². The van der Waals surface area contributed by atoms with Gasteiger partial charge in [-0.2, -0.15) is 0 Å². The Balaban J connectivity index is 2.35. The first-order valence-electron chi connectivity index (χ1n) is 5.08. The molecule has 0 saturated heterocycles. The highest BCUT2D eigenvalue weighted by Gasteiger charge is 2.20. The lowest BCUT2D eigenvalue weighted by molar-refractivity contribution is 0.0606. The summed E-state index contributed by atoms with van der Waals surface area (Å²) in [6, 6.07) is 0.0948. The molecule has 20 heavy (non-hydrogen) atoms. The maximum Gasteiger partial charge on any atom is 0.349 e. The van der Waals surface area contributed by atoms with Crippen molar-refractivity contribution in [2.75, 3.05) is 12.4 Å². The van der Waals surface area contributed by atoms with E-state index in [9.17, 15) is 22.4 Å². The van der Waals surface area contributed by atoms with Crippen molar-refractivity contribution < 1.29 is 27.1 Å². The van der Waals surface area contributed by atoms with Crippen molar-refractivity contribution in [2.24, 2.45) is 0 Å².